The van der Waals surface area contributed by atoms with Gasteiger partial charge in [0.15, 0.2) is 0 Å². The van der Waals surface area contributed by atoms with Crippen molar-refractivity contribution in [2.45, 2.75) is 51.1 Å². The summed E-state index contributed by atoms with van der Waals surface area (Å²) in [5.74, 6) is -1.58. The SMILES string of the molecule is CC[C@@H](CC(=O)N1CCC(C(=O)O)C1C)NC(=O)OCC1c2ccccc2-c2ccccc21. The highest BCUT2D eigenvalue weighted by atomic mass is 16.5. The first-order valence-electron chi connectivity index (χ1n) is 11.5. The molecule has 1 aliphatic carbocycles. The van der Waals surface area contributed by atoms with E-state index in [2.05, 4.69) is 29.6 Å². The first kappa shape index (κ1) is 22.8. The monoisotopic (exact) mass is 450 g/mol. The number of likely N-dealkylation sites (tertiary alicyclic amines) is 1. The number of aliphatic carboxylic acids is 1. The lowest BCUT2D eigenvalue weighted by Crippen LogP contribution is -2.43. The Morgan fingerprint density at radius 2 is 1.70 bits per heavy atom. The maximum atomic E-state index is 12.8. The number of carbonyl (C=O) groups excluding carboxylic acids is 2. The van der Waals surface area contributed by atoms with Crippen LogP contribution in [0.2, 0.25) is 0 Å². The maximum Gasteiger partial charge on any atom is 0.407 e. The molecule has 0 aromatic heterocycles. The molecule has 2 aromatic carbocycles. The lowest BCUT2D eigenvalue weighted by atomic mass is 9.98. The Morgan fingerprint density at radius 1 is 1.09 bits per heavy atom. The van der Waals surface area contributed by atoms with Crippen LogP contribution >= 0.6 is 0 Å². The lowest BCUT2D eigenvalue weighted by Gasteiger charge is -2.26. The summed E-state index contributed by atoms with van der Waals surface area (Å²) in [6, 6.07) is 15.6. The molecule has 2 aliphatic rings. The van der Waals surface area contributed by atoms with Crippen LogP contribution in [0.1, 0.15) is 50.2 Å². The molecule has 2 N–H and O–H groups in total. The molecule has 0 bridgehead atoms. The van der Waals surface area contributed by atoms with E-state index in [1.807, 2.05) is 31.2 Å². The van der Waals surface area contributed by atoms with Crippen molar-refractivity contribution < 1.29 is 24.2 Å². The second-order valence-corrected chi connectivity index (χ2v) is 8.84. The Kier molecular flexibility index (Phi) is 6.67. The first-order chi connectivity index (χ1) is 15.9. The van der Waals surface area contributed by atoms with Crippen molar-refractivity contribution in [2.24, 2.45) is 5.92 Å². The largest absolute Gasteiger partial charge is 0.481 e. The number of alkyl carbamates (subject to hydrolysis) is 1. The Morgan fingerprint density at radius 3 is 2.24 bits per heavy atom. The molecule has 3 atom stereocenters. The molecule has 2 aromatic rings. The first-order valence-corrected chi connectivity index (χ1v) is 11.5. The Balaban J connectivity index is 1.34. The normalized spacial score (nSPS) is 20.1. The highest BCUT2D eigenvalue weighted by Gasteiger charge is 2.38. The average Bonchev–Trinajstić information content (AvgIpc) is 3.35. The summed E-state index contributed by atoms with van der Waals surface area (Å²) in [6.07, 6.45) is 0.603. The van der Waals surface area contributed by atoms with Crippen molar-refractivity contribution in [3.8, 4) is 11.1 Å². The van der Waals surface area contributed by atoms with Gasteiger partial charge in [0.1, 0.15) is 6.61 Å². The molecule has 0 radical (unpaired) electrons. The zero-order chi connectivity index (χ0) is 23.5. The van der Waals surface area contributed by atoms with Gasteiger partial charge in [0.25, 0.3) is 0 Å². The minimum absolute atomic E-state index is 0.0248. The molecule has 174 valence electrons. The van der Waals surface area contributed by atoms with E-state index in [9.17, 15) is 19.5 Å². The van der Waals surface area contributed by atoms with Gasteiger partial charge in [-0.1, -0.05) is 55.5 Å². The molecule has 1 fully saturated rings. The molecule has 0 spiro atoms. The molecule has 33 heavy (non-hydrogen) atoms. The molecule has 7 nitrogen and oxygen atoms in total. The van der Waals surface area contributed by atoms with Crippen molar-refractivity contribution in [1.82, 2.24) is 10.2 Å². The number of hydrogen-bond acceptors (Lipinski definition) is 4. The van der Waals surface area contributed by atoms with Crippen LogP contribution in [0.4, 0.5) is 4.79 Å². The van der Waals surface area contributed by atoms with Gasteiger partial charge in [-0.05, 0) is 42.0 Å². The summed E-state index contributed by atoms with van der Waals surface area (Å²) in [7, 11) is 0. The van der Waals surface area contributed by atoms with E-state index >= 15 is 0 Å². The van der Waals surface area contributed by atoms with Crippen molar-refractivity contribution in [1.29, 1.82) is 0 Å². The van der Waals surface area contributed by atoms with Gasteiger partial charge in [-0.3, -0.25) is 9.59 Å². The number of fused-ring (bicyclic) bond motifs is 3. The van der Waals surface area contributed by atoms with Crippen molar-refractivity contribution >= 4 is 18.0 Å². The smallest absolute Gasteiger partial charge is 0.407 e. The number of carboxylic acid groups (broad SMARTS) is 1. The molecule has 2 amide bonds. The number of carbonyl (C=O) groups is 3. The number of amides is 2. The van der Waals surface area contributed by atoms with E-state index in [0.29, 0.717) is 19.4 Å². The van der Waals surface area contributed by atoms with Crippen LogP contribution in [-0.2, 0) is 14.3 Å². The Hall–Kier alpha value is -3.35. The van der Waals surface area contributed by atoms with Crippen molar-refractivity contribution in [3.05, 3.63) is 59.7 Å². The van der Waals surface area contributed by atoms with Gasteiger partial charge in [0.2, 0.25) is 5.91 Å². The third-order valence-corrected chi connectivity index (χ3v) is 6.97. The number of hydrogen-bond donors (Lipinski definition) is 2. The van der Waals surface area contributed by atoms with Crippen LogP contribution in [0.3, 0.4) is 0 Å². The molecule has 1 saturated heterocycles. The standard InChI is InChI=1S/C26H30N2O5/c1-3-17(14-24(29)28-13-12-18(16(28)2)25(30)31)27-26(32)33-15-23-21-10-6-4-8-19(21)20-9-5-7-11-22(20)23/h4-11,16-18,23H,3,12-15H2,1-2H3,(H,27,32)(H,30,31)/t16?,17-,18?/m0/s1. The van der Waals surface area contributed by atoms with Crippen molar-refractivity contribution in [3.63, 3.8) is 0 Å². The Bertz CT molecular complexity index is 1010. The quantitative estimate of drug-likeness (QED) is 0.664. The van der Waals surface area contributed by atoms with Gasteiger partial charge in [-0.15, -0.1) is 0 Å². The zero-order valence-electron chi connectivity index (χ0n) is 19.0. The predicted octanol–water partition coefficient (Wildman–Crippen LogP) is 4.02. The number of carboxylic acids is 1. The lowest BCUT2D eigenvalue weighted by molar-refractivity contribution is -0.143. The summed E-state index contributed by atoms with van der Waals surface area (Å²) in [6.45, 7) is 4.31. The average molecular weight is 451 g/mol. The molecule has 2 unspecified atom stereocenters. The minimum Gasteiger partial charge on any atom is -0.481 e. The fraction of sp³-hybridized carbons (Fsp3) is 0.423. The minimum atomic E-state index is -0.874. The van der Waals surface area contributed by atoms with E-state index in [4.69, 9.17) is 4.74 Å². The van der Waals surface area contributed by atoms with Crippen LogP contribution in [0.5, 0.6) is 0 Å². The van der Waals surface area contributed by atoms with Crippen LogP contribution in [0.25, 0.3) is 11.1 Å². The second-order valence-electron chi connectivity index (χ2n) is 8.84. The fourth-order valence-electron chi connectivity index (χ4n) is 5.05. The highest BCUT2D eigenvalue weighted by molar-refractivity contribution is 5.81. The number of benzene rings is 2. The number of nitrogens with one attached hydrogen (secondary N) is 1. The van der Waals surface area contributed by atoms with Gasteiger partial charge >= 0.3 is 12.1 Å². The number of ether oxygens (including phenoxy) is 1. The molecule has 0 saturated carbocycles. The van der Waals surface area contributed by atoms with Gasteiger partial charge in [-0.25, -0.2) is 4.79 Å². The summed E-state index contributed by atoms with van der Waals surface area (Å²) < 4.78 is 5.60. The van der Waals surface area contributed by atoms with E-state index in [0.717, 1.165) is 11.1 Å². The topological polar surface area (TPSA) is 95.9 Å². The second kappa shape index (κ2) is 9.65. The van der Waals surface area contributed by atoms with Gasteiger partial charge in [0, 0.05) is 31.0 Å². The number of rotatable bonds is 7. The van der Waals surface area contributed by atoms with E-state index in [1.54, 1.807) is 11.8 Å². The van der Waals surface area contributed by atoms with Crippen LogP contribution in [0.15, 0.2) is 48.5 Å². The van der Waals surface area contributed by atoms with Gasteiger partial charge in [-0.2, -0.15) is 0 Å². The van der Waals surface area contributed by atoms with Gasteiger partial charge < -0.3 is 20.1 Å². The summed E-state index contributed by atoms with van der Waals surface area (Å²) in [4.78, 5) is 38.3. The molecule has 1 heterocycles. The predicted molar refractivity (Wildman–Crippen MR) is 124 cm³/mol. The number of nitrogens with zero attached hydrogens (tertiary/aromatic N) is 1. The van der Waals surface area contributed by atoms with Crippen molar-refractivity contribution in [2.75, 3.05) is 13.2 Å². The maximum absolute atomic E-state index is 12.8. The Labute approximate surface area is 193 Å². The third kappa shape index (κ3) is 4.58. The van der Waals surface area contributed by atoms with E-state index in [1.165, 1.54) is 11.1 Å². The summed E-state index contributed by atoms with van der Waals surface area (Å²) >= 11 is 0. The molecule has 4 rings (SSSR count). The summed E-state index contributed by atoms with van der Waals surface area (Å²) in [5, 5.41) is 12.1. The van der Waals surface area contributed by atoms with E-state index < -0.39 is 18.0 Å². The highest BCUT2D eigenvalue weighted by Crippen LogP contribution is 2.44. The van der Waals surface area contributed by atoms with Crippen LogP contribution in [0, 0.1) is 5.92 Å². The van der Waals surface area contributed by atoms with Gasteiger partial charge in [0.05, 0.1) is 5.92 Å². The molecular formula is C26H30N2O5. The van der Waals surface area contributed by atoms with E-state index in [-0.39, 0.29) is 36.9 Å². The molecule has 7 heteroatoms. The zero-order valence-corrected chi connectivity index (χ0v) is 19.0. The summed E-state index contributed by atoms with van der Waals surface area (Å²) in [5.41, 5.74) is 4.62. The molecule has 1 aliphatic heterocycles. The fourth-order valence-corrected chi connectivity index (χ4v) is 5.05. The van der Waals surface area contributed by atoms with Crippen LogP contribution in [-0.4, -0.2) is 53.2 Å². The molecular weight excluding hydrogens is 420 g/mol. The third-order valence-electron chi connectivity index (χ3n) is 6.97. The van der Waals surface area contributed by atoms with Crippen LogP contribution < -0.4 is 5.32 Å².